The third-order valence-electron chi connectivity index (χ3n) is 3.64. The van der Waals surface area contributed by atoms with E-state index in [2.05, 4.69) is 5.10 Å². The second kappa shape index (κ2) is 8.13. The first kappa shape index (κ1) is 19.6. The van der Waals surface area contributed by atoms with E-state index in [0.717, 1.165) is 16.8 Å². The van der Waals surface area contributed by atoms with Crippen LogP contribution in [0, 0.1) is 0 Å². The van der Waals surface area contributed by atoms with E-state index in [-0.39, 0.29) is 30.9 Å². The summed E-state index contributed by atoms with van der Waals surface area (Å²) >= 11 is 0. The van der Waals surface area contributed by atoms with Crippen molar-refractivity contribution >= 4 is 5.91 Å². The molecule has 26 heavy (non-hydrogen) atoms. The molecule has 1 heterocycles. The van der Waals surface area contributed by atoms with Crippen LogP contribution in [0.15, 0.2) is 41.2 Å². The molecule has 1 amide bonds. The molecule has 0 aliphatic heterocycles. The van der Waals surface area contributed by atoms with Crippen molar-refractivity contribution in [1.82, 2.24) is 14.7 Å². The SMILES string of the molecule is COCCn1nc(C(=O)N(C)Cc2ccc(C(F)(F)F)cc2)ccc1=O. The van der Waals surface area contributed by atoms with E-state index in [4.69, 9.17) is 4.74 Å². The van der Waals surface area contributed by atoms with Crippen molar-refractivity contribution < 1.29 is 22.7 Å². The molecule has 1 aromatic carbocycles. The topological polar surface area (TPSA) is 64.4 Å². The molecule has 0 radical (unpaired) electrons. The van der Waals surface area contributed by atoms with E-state index >= 15 is 0 Å². The summed E-state index contributed by atoms with van der Waals surface area (Å²) < 4.78 is 43.8. The Morgan fingerprint density at radius 3 is 2.42 bits per heavy atom. The lowest BCUT2D eigenvalue weighted by molar-refractivity contribution is -0.137. The number of benzene rings is 1. The Morgan fingerprint density at radius 2 is 1.85 bits per heavy atom. The van der Waals surface area contributed by atoms with Gasteiger partial charge >= 0.3 is 6.18 Å². The quantitative estimate of drug-likeness (QED) is 0.783. The van der Waals surface area contributed by atoms with Crippen molar-refractivity contribution in [2.45, 2.75) is 19.3 Å². The van der Waals surface area contributed by atoms with Crippen LogP contribution in [0.4, 0.5) is 13.2 Å². The molecule has 140 valence electrons. The van der Waals surface area contributed by atoms with Gasteiger partial charge in [0.2, 0.25) is 0 Å². The second-order valence-electron chi connectivity index (χ2n) is 5.63. The Hall–Kier alpha value is -2.68. The number of ether oxygens (including phenoxy) is 1. The van der Waals surface area contributed by atoms with Gasteiger partial charge in [0.05, 0.1) is 18.7 Å². The van der Waals surface area contributed by atoms with E-state index in [1.54, 1.807) is 0 Å². The van der Waals surface area contributed by atoms with Crippen LogP contribution in [-0.2, 0) is 24.0 Å². The molecular formula is C17H18F3N3O3. The molecule has 0 atom stereocenters. The molecule has 1 aromatic heterocycles. The summed E-state index contributed by atoms with van der Waals surface area (Å²) in [7, 11) is 2.99. The number of hydrogen-bond acceptors (Lipinski definition) is 4. The number of rotatable bonds is 6. The van der Waals surface area contributed by atoms with Crippen LogP contribution >= 0.6 is 0 Å². The predicted molar refractivity (Wildman–Crippen MR) is 87.6 cm³/mol. The van der Waals surface area contributed by atoms with Crippen LogP contribution in [0.5, 0.6) is 0 Å². The zero-order valence-corrected chi connectivity index (χ0v) is 14.3. The second-order valence-corrected chi connectivity index (χ2v) is 5.63. The molecule has 0 aliphatic carbocycles. The predicted octanol–water partition coefficient (Wildman–Crippen LogP) is 2.18. The van der Waals surface area contributed by atoms with Gasteiger partial charge in [-0.05, 0) is 23.8 Å². The van der Waals surface area contributed by atoms with Crippen molar-refractivity contribution in [3.05, 3.63) is 63.6 Å². The van der Waals surface area contributed by atoms with Gasteiger partial charge in [-0.3, -0.25) is 9.59 Å². The summed E-state index contributed by atoms with van der Waals surface area (Å²) in [6, 6.07) is 7.13. The van der Waals surface area contributed by atoms with Crippen molar-refractivity contribution in [2.24, 2.45) is 0 Å². The van der Waals surface area contributed by atoms with Gasteiger partial charge in [0, 0.05) is 26.8 Å². The standard InChI is InChI=1S/C17H18F3N3O3/c1-22(11-12-3-5-13(6-4-12)17(18,19)20)16(25)14-7-8-15(24)23(21-14)9-10-26-2/h3-8H,9-11H2,1-2H3. The number of amides is 1. The summed E-state index contributed by atoms with van der Waals surface area (Å²) in [5.74, 6) is -0.448. The van der Waals surface area contributed by atoms with Crippen LogP contribution in [0.2, 0.25) is 0 Å². The number of aromatic nitrogens is 2. The maximum Gasteiger partial charge on any atom is 0.416 e. The number of hydrogen-bond donors (Lipinski definition) is 0. The molecular weight excluding hydrogens is 351 g/mol. The minimum Gasteiger partial charge on any atom is -0.383 e. The summed E-state index contributed by atoms with van der Waals surface area (Å²) in [5.41, 5.74) is -0.497. The van der Waals surface area contributed by atoms with E-state index in [1.165, 1.54) is 43.3 Å². The Labute approximate surface area is 147 Å². The largest absolute Gasteiger partial charge is 0.416 e. The van der Waals surface area contributed by atoms with Crippen molar-refractivity contribution in [3.8, 4) is 0 Å². The molecule has 0 aliphatic rings. The van der Waals surface area contributed by atoms with Crippen LogP contribution < -0.4 is 5.56 Å². The third-order valence-corrected chi connectivity index (χ3v) is 3.64. The molecule has 2 rings (SSSR count). The molecule has 0 saturated carbocycles. The lowest BCUT2D eigenvalue weighted by Crippen LogP contribution is -2.31. The van der Waals surface area contributed by atoms with Crippen molar-refractivity contribution in [3.63, 3.8) is 0 Å². The molecule has 0 bridgehead atoms. The zero-order valence-electron chi connectivity index (χ0n) is 14.3. The molecule has 6 nitrogen and oxygen atoms in total. The number of methoxy groups -OCH3 is 1. The van der Waals surface area contributed by atoms with Gasteiger partial charge in [-0.1, -0.05) is 12.1 Å². The number of alkyl halides is 3. The molecule has 0 N–H and O–H groups in total. The van der Waals surface area contributed by atoms with Crippen LogP contribution in [0.25, 0.3) is 0 Å². The normalized spacial score (nSPS) is 11.4. The van der Waals surface area contributed by atoms with Gasteiger partial charge in [0.25, 0.3) is 11.5 Å². The third kappa shape index (κ3) is 4.92. The Balaban J connectivity index is 2.11. The monoisotopic (exact) mass is 369 g/mol. The first-order chi connectivity index (χ1) is 12.2. The maximum absolute atomic E-state index is 12.6. The van der Waals surface area contributed by atoms with Gasteiger partial charge in [-0.15, -0.1) is 0 Å². The van der Waals surface area contributed by atoms with Crippen LogP contribution in [-0.4, -0.2) is 41.4 Å². The Kier molecular flexibility index (Phi) is 6.14. The first-order valence-corrected chi connectivity index (χ1v) is 7.71. The van der Waals surface area contributed by atoms with Gasteiger partial charge < -0.3 is 9.64 Å². The molecule has 9 heteroatoms. The van der Waals surface area contributed by atoms with E-state index < -0.39 is 17.6 Å². The molecule has 0 fully saturated rings. The summed E-state index contributed by atoms with van der Waals surface area (Å²) in [6.07, 6.45) is -4.40. The van der Waals surface area contributed by atoms with Gasteiger partial charge in [0.1, 0.15) is 5.69 Å². The highest BCUT2D eigenvalue weighted by molar-refractivity contribution is 5.91. The number of carbonyl (C=O) groups is 1. The first-order valence-electron chi connectivity index (χ1n) is 7.71. The molecule has 0 spiro atoms. The summed E-state index contributed by atoms with van der Waals surface area (Å²) in [4.78, 5) is 25.5. The van der Waals surface area contributed by atoms with Crippen LogP contribution in [0.1, 0.15) is 21.6 Å². The number of nitrogens with zero attached hydrogens (tertiary/aromatic N) is 3. The van der Waals surface area contributed by atoms with Crippen molar-refractivity contribution in [1.29, 1.82) is 0 Å². The van der Waals surface area contributed by atoms with Gasteiger partial charge in [-0.25, -0.2) is 4.68 Å². The molecule has 2 aromatic rings. The lowest BCUT2D eigenvalue weighted by atomic mass is 10.1. The fourth-order valence-electron chi connectivity index (χ4n) is 2.24. The van der Waals surface area contributed by atoms with E-state index in [1.807, 2.05) is 0 Å². The van der Waals surface area contributed by atoms with Gasteiger partial charge in [-0.2, -0.15) is 18.3 Å². The lowest BCUT2D eigenvalue weighted by Gasteiger charge is -2.17. The summed E-state index contributed by atoms with van der Waals surface area (Å²) in [5, 5.41) is 4.00. The smallest absolute Gasteiger partial charge is 0.383 e. The van der Waals surface area contributed by atoms with Crippen LogP contribution in [0.3, 0.4) is 0 Å². The van der Waals surface area contributed by atoms with E-state index in [9.17, 15) is 22.8 Å². The van der Waals surface area contributed by atoms with E-state index in [0.29, 0.717) is 5.56 Å². The Bertz CT molecular complexity index is 816. The number of halogens is 3. The Morgan fingerprint density at radius 1 is 1.19 bits per heavy atom. The fourth-order valence-corrected chi connectivity index (χ4v) is 2.24. The molecule has 0 unspecified atom stereocenters. The average Bonchev–Trinajstić information content (AvgIpc) is 2.60. The van der Waals surface area contributed by atoms with Crippen molar-refractivity contribution in [2.75, 3.05) is 20.8 Å². The van der Waals surface area contributed by atoms with Gasteiger partial charge in [0.15, 0.2) is 0 Å². The minimum atomic E-state index is -4.40. The summed E-state index contributed by atoms with van der Waals surface area (Å²) in [6.45, 7) is 0.584. The average molecular weight is 369 g/mol. The minimum absolute atomic E-state index is 0.0649. The highest BCUT2D eigenvalue weighted by atomic mass is 19.4. The zero-order chi connectivity index (χ0) is 19.3. The number of carbonyl (C=O) groups excluding carboxylic acids is 1. The highest BCUT2D eigenvalue weighted by Gasteiger charge is 2.30. The molecule has 0 saturated heterocycles. The highest BCUT2D eigenvalue weighted by Crippen LogP contribution is 2.29. The maximum atomic E-state index is 12.6. The fraction of sp³-hybridized carbons (Fsp3) is 0.353.